The number of rotatable bonds is 8. The van der Waals surface area contributed by atoms with Crippen LogP contribution in [0.3, 0.4) is 0 Å². The molecule has 8 aromatic carbocycles. The van der Waals surface area contributed by atoms with E-state index in [9.17, 15) is 0 Å². The summed E-state index contributed by atoms with van der Waals surface area (Å²) in [7, 11) is 0. The third kappa shape index (κ3) is 11.3. The van der Waals surface area contributed by atoms with Gasteiger partial charge in [-0.25, -0.2) is 0 Å². The molecule has 10 rings (SSSR count). The Morgan fingerprint density at radius 1 is 0.452 bits per heavy atom. The van der Waals surface area contributed by atoms with E-state index in [1.807, 2.05) is 0 Å². The second-order valence-corrected chi connectivity index (χ2v) is 17.6. The van der Waals surface area contributed by atoms with Gasteiger partial charge in [0.15, 0.2) is 0 Å². The zero-order chi connectivity index (χ0) is 40.0. The summed E-state index contributed by atoms with van der Waals surface area (Å²) in [6.45, 7) is 7.86. The van der Waals surface area contributed by atoms with Crippen LogP contribution in [0.2, 0.25) is 0 Å². The molecular weight excluding hydrogens is 887 g/mol. The van der Waals surface area contributed by atoms with Crippen molar-refractivity contribution < 1.29 is 23.3 Å². The average molecular weight is 953 g/mol. The summed E-state index contributed by atoms with van der Waals surface area (Å²) < 4.78 is 0. The Labute approximate surface area is 403 Å². The summed E-state index contributed by atoms with van der Waals surface area (Å²) in [6.07, 6.45) is 19.2. The first-order chi connectivity index (χ1) is 28.5. The molecule has 2 aliphatic rings. The minimum atomic E-state index is 0. The number of halogens is 2. The first-order valence-corrected chi connectivity index (χ1v) is 26.3. The van der Waals surface area contributed by atoms with Crippen molar-refractivity contribution in [2.24, 2.45) is 10.8 Å². The van der Waals surface area contributed by atoms with Crippen LogP contribution in [-0.2, 0) is 36.2 Å². The van der Waals surface area contributed by atoms with E-state index < -0.39 is 0 Å². The van der Waals surface area contributed by atoms with E-state index in [4.69, 9.17) is 0 Å². The first-order valence-electron chi connectivity index (χ1n) is 22.1. The summed E-state index contributed by atoms with van der Waals surface area (Å²) in [6, 6.07) is 54.4. The molecule has 0 bridgehead atoms. The van der Waals surface area contributed by atoms with Crippen molar-refractivity contribution in [3.05, 3.63) is 172 Å². The van der Waals surface area contributed by atoms with E-state index in [2.05, 4.69) is 166 Å². The van der Waals surface area contributed by atoms with Gasteiger partial charge in [-0.15, -0.1) is 93.9 Å². The zero-order valence-corrected chi connectivity index (χ0v) is 42.7. The monoisotopic (exact) mass is 950 g/mol. The van der Waals surface area contributed by atoms with Gasteiger partial charge in [0, 0.05) is 0 Å². The van der Waals surface area contributed by atoms with Crippen LogP contribution in [0.5, 0.6) is 0 Å². The molecule has 4 heteroatoms. The van der Waals surface area contributed by atoms with Gasteiger partial charge in [-0.3, -0.25) is 0 Å². The maximum atomic E-state index is 3.06. The van der Waals surface area contributed by atoms with E-state index in [1.54, 1.807) is 0 Å². The molecule has 0 spiro atoms. The van der Waals surface area contributed by atoms with Gasteiger partial charge in [0.1, 0.15) is 0 Å². The fraction of sp³-hybridized carbons (Fsp3) is 0.310. The molecule has 62 heavy (non-hydrogen) atoms. The van der Waals surface area contributed by atoms with Gasteiger partial charge >= 0.3 is 30.2 Å². The molecule has 8 aromatic rings. The normalized spacial score (nSPS) is 15.0. The molecule has 0 unspecified atom stereocenters. The number of benzene rings is 6. The molecule has 2 radical (unpaired) electrons. The van der Waals surface area contributed by atoms with Crippen molar-refractivity contribution in [1.82, 2.24) is 0 Å². The fourth-order valence-electron chi connectivity index (χ4n) is 10.8. The van der Waals surface area contributed by atoms with Gasteiger partial charge in [0.05, 0.1) is 0 Å². The van der Waals surface area contributed by atoms with E-state index in [0.29, 0.717) is 10.8 Å². The molecule has 0 N–H and O–H groups in total. The molecule has 0 aromatic heterocycles. The van der Waals surface area contributed by atoms with Crippen LogP contribution >= 0.6 is 24.8 Å². The second kappa shape index (κ2) is 23.6. The summed E-state index contributed by atoms with van der Waals surface area (Å²) >= 11 is 1.36. The van der Waals surface area contributed by atoms with E-state index >= 15 is 0 Å². The van der Waals surface area contributed by atoms with E-state index in [1.165, 1.54) is 190 Å². The summed E-state index contributed by atoms with van der Waals surface area (Å²) in [5.41, 5.74) is 9.51. The Morgan fingerprint density at radius 2 is 0.823 bits per heavy atom. The SMILES string of the molecule is CCC1(Cc2cc3c(-c4ccc5ccccc5c4)cccc3[cH-]2)CCCCC1.CCC1(Cc2cc3c(-c4ccc5ccccc5c4)cccc3[cH-]2)CCCCC1.Cl.Cl.[CH3-].[CH3-].[Si]=[Zr]. The summed E-state index contributed by atoms with van der Waals surface area (Å²) in [5.74, 6) is 0. The average Bonchev–Trinajstić information content (AvgIpc) is 3.90. The van der Waals surface area contributed by atoms with Gasteiger partial charge < -0.3 is 14.9 Å². The molecule has 0 aliphatic heterocycles. The van der Waals surface area contributed by atoms with Gasteiger partial charge in [-0.2, -0.15) is 12.1 Å². The molecule has 0 atom stereocenters. The zero-order valence-electron chi connectivity index (χ0n) is 37.6. The van der Waals surface area contributed by atoms with Gasteiger partial charge in [0.25, 0.3) is 0 Å². The molecule has 2 fully saturated rings. The van der Waals surface area contributed by atoms with Crippen LogP contribution < -0.4 is 0 Å². The predicted octanol–water partition coefficient (Wildman–Crippen LogP) is 17.9. The van der Waals surface area contributed by atoms with Crippen molar-refractivity contribution in [2.45, 2.75) is 104 Å². The van der Waals surface area contributed by atoms with E-state index in [0.717, 1.165) is 0 Å². The Hall–Kier alpha value is -3.26. The van der Waals surface area contributed by atoms with Crippen LogP contribution in [0.1, 0.15) is 102 Å². The fourth-order valence-corrected chi connectivity index (χ4v) is 10.8. The molecule has 0 amide bonds. The second-order valence-electron chi connectivity index (χ2n) is 17.6. The van der Waals surface area contributed by atoms with Crippen molar-refractivity contribution in [2.75, 3.05) is 0 Å². The predicted molar refractivity (Wildman–Crippen MR) is 277 cm³/mol. The Kier molecular flexibility index (Phi) is 19.6. The third-order valence-corrected chi connectivity index (χ3v) is 14.2. The molecule has 0 saturated heterocycles. The number of hydrogen-bond donors (Lipinski definition) is 0. The summed E-state index contributed by atoms with van der Waals surface area (Å²) in [5, 5.41) is 10.9. The number of hydrogen-bond acceptors (Lipinski definition) is 0. The molecule has 2 saturated carbocycles. The quantitative estimate of drug-likeness (QED) is 0.105. The molecular formula is C58H66Cl2SiZr-4. The minimum absolute atomic E-state index is 0. The van der Waals surface area contributed by atoms with Gasteiger partial charge in [0.2, 0.25) is 0 Å². The molecule has 2 aliphatic carbocycles. The summed E-state index contributed by atoms with van der Waals surface area (Å²) in [4.78, 5) is 0. The van der Waals surface area contributed by atoms with Crippen LogP contribution in [-0.4, -0.2) is 6.88 Å². The van der Waals surface area contributed by atoms with Crippen molar-refractivity contribution in [3.63, 3.8) is 0 Å². The van der Waals surface area contributed by atoms with Gasteiger partial charge in [-0.05, 0) is 94.2 Å². The van der Waals surface area contributed by atoms with Crippen molar-refractivity contribution in [1.29, 1.82) is 0 Å². The standard InChI is InChI=1S/2C28H29.2CH3.2ClH.Si.Zr/c2*1-2-28(15-6-3-7-16-28)20-21-17-24-11-8-12-26(27(24)18-21)25-14-13-22-9-4-5-10-23(22)19-25;;;;;;/h2*4-5,8-14,17-19H,2-3,6-7,15-16,20H2,1H3;2*1H3;2*1H;;/q4*-1;;;;. The van der Waals surface area contributed by atoms with Crippen LogP contribution in [0.15, 0.2) is 146 Å². The molecule has 0 heterocycles. The van der Waals surface area contributed by atoms with Crippen LogP contribution in [0, 0.1) is 25.7 Å². The van der Waals surface area contributed by atoms with Crippen molar-refractivity contribution >= 4 is 74.8 Å². The Morgan fingerprint density at radius 3 is 1.19 bits per heavy atom. The Balaban J connectivity index is 0.000000247. The third-order valence-electron chi connectivity index (χ3n) is 14.2. The number of fused-ring (bicyclic) bond motifs is 4. The van der Waals surface area contributed by atoms with E-state index in [-0.39, 0.29) is 39.7 Å². The molecule has 0 nitrogen and oxygen atoms in total. The van der Waals surface area contributed by atoms with Crippen molar-refractivity contribution in [3.8, 4) is 22.3 Å². The maximum absolute atomic E-state index is 3.06. The Bertz CT molecular complexity index is 2440. The molecule has 324 valence electrons. The van der Waals surface area contributed by atoms with Crippen LogP contribution in [0.4, 0.5) is 0 Å². The van der Waals surface area contributed by atoms with Crippen LogP contribution in [0.25, 0.3) is 65.3 Å². The van der Waals surface area contributed by atoms with Gasteiger partial charge in [-0.1, -0.05) is 161 Å². The topological polar surface area (TPSA) is 0 Å². The first kappa shape index (κ1) is 51.4.